The topological polar surface area (TPSA) is 139 Å². The number of aliphatic hydroxyl groups is 1. The molecule has 0 radical (unpaired) electrons. The molecule has 0 fully saturated rings. The van der Waals surface area contributed by atoms with Gasteiger partial charge in [0.05, 0.1) is 0 Å². The summed E-state index contributed by atoms with van der Waals surface area (Å²) >= 11 is 11.5. The lowest BCUT2D eigenvalue weighted by Gasteiger charge is -2.36. The third-order valence-electron chi connectivity index (χ3n) is 4.10. The highest BCUT2D eigenvalue weighted by Crippen LogP contribution is 2.72. The maximum atomic E-state index is 11.7. The molecule has 1 aromatic carbocycles. The van der Waals surface area contributed by atoms with E-state index in [-0.39, 0.29) is 12.0 Å². The van der Waals surface area contributed by atoms with Crippen LogP contribution in [-0.4, -0.2) is 54.6 Å². The van der Waals surface area contributed by atoms with E-state index in [1.54, 1.807) is 12.1 Å². The van der Waals surface area contributed by atoms with Crippen molar-refractivity contribution in [2.45, 2.75) is 24.3 Å². The predicted octanol–water partition coefficient (Wildman–Crippen LogP) is 2.47. The van der Waals surface area contributed by atoms with Gasteiger partial charge in [-0.05, 0) is 24.1 Å². The van der Waals surface area contributed by atoms with Crippen molar-refractivity contribution < 1.29 is 33.8 Å². The summed E-state index contributed by atoms with van der Waals surface area (Å²) in [6.07, 6.45) is -0.0981. The molecule has 0 bridgehead atoms. The van der Waals surface area contributed by atoms with Crippen molar-refractivity contribution in [1.29, 1.82) is 0 Å². The van der Waals surface area contributed by atoms with Crippen LogP contribution in [0.1, 0.15) is 24.8 Å². The number of hydrogen-bond acceptors (Lipinski definition) is 4. The maximum absolute atomic E-state index is 11.7. The van der Waals surface area contributed by atoms with Gasteiger partial charge in [0.25, 0.3) is 5.08 Å². The molecular weight excluding hydrogens is 427 g/mol. The maximum Gasteiger partial charge on any atom is 0.370 e. The summed E-state index contributed by atoms with van der Waals surface area (Å²) in [6.45, 7) is 2.53. The van der Waals surface area contributed by atoms with Gasteiger partial charge in [0.2, 0.25) is 0 Å². The zero-order valence-electron chi connectivity index (χ0n) is 14.1. The standard InChI is InChI=1S/C14H23Cl2NO7P2/c1-2-13(14(18,25(19,20)21)26(22,23)24)11-3-5-12(6-4-11)17(9-7-15)10-8-16/h3-6,13,18H,2,7-10H2,1H3,(H2,19,20,21)(H2,22,23,24). The summed E-state index contributed by atoms with van der Waals surface area (Å²) in [5, 5.41) is 6.88. The highest BCUT2D eigenvalue weighted by Gasteiger charge is 2.63. The average Bonchev–Trinajstić information content (AvgIpc) is 2.54. The second-order valence-corrected chi connectivity index (χ2v) is 10.3. The highest BCUT2D eigenvalue weighted by molar-refractivity contribution is 7.72. The van der Waals surface area contributed by atoms with E-state index in [4.69, 9.17) is 23.2 Å². The fourth-order valence-corrected chi connectivity index (χ4v) is 6.04. The van der Waals surface area contributed by atoms with Crippen molar-refractivity contribution >= 4 is 44.1 Å². The summed E-state index contributed by atoms with van der Waals surface area (Å²) in [4.78, 5) is 39.7. The molecule has 0 saturated carbocycles. The van der Waals surface area contributed by atoms with Gasteiger partial charge in [-0.2, -0.15) is 0 Å². The summed E-state index contributed by atoms with van der Waals surface area (Å²) in [7, 11) is -11.1. The fourth-order valence-electron chi connectivity index (χ4n) is 2.80. The Hall–Kier alpha value is -0.140. The monoisotopic (exact) mass is 449 g/mol. The first-order valence-corrected chi connectivity index (χ1v) is 12.0. The van der Waals surface area contributed by atoms with Crippen LogP contribution >= 0.6 is 38.4 Å². The number of anilines is 1. The Morgan fingerprint density at radius 1 is 1.00 bits per heavy atom. The van der Waals surface area contributed by atoms with Gasteiger partial charge < -0.3 is 29.6 Å². The predicted molar refractivity (Wildman–Crippen MR) is 102 cm³/mol. The number of rotatable bonds is 10. The van der Waals surface area contributed by atoms with E-state index >= 15 is 0 Å². The van der Waals surface area contributed by atoms with E-state index in [9.17, 15) is 33.8 Å². The molecule has 0 aromatic heterocycles. The molecule has 0 amide bonds. The van der Waals surface area contributed by atoms with Gasteiger partial charge in [0, 0.05) is 36.5 Å². The summed E-state index contributed by atoms with van der Waals surface area (Å²) < 4.78 is 23.5. The van der Waals surface area contributed by atoms with Gasteiger partial charge in [0.15, 0.2) is 0 Å². The normalized spacial score (nSPS) is 14.3. The number of nitrogens with zero attached hydrogens (tertiary/aromatic N) is 1. The lowest BCUT2D eigenvalue weighted by atomic mass is 9.96. The van der Waals surface area contributed by atoms with Gasteiger partial charge in [-0.15, -0.1) is 23.2 Å². The number of benzene rings is 1. The molecule has 0 aliphatic rings. The molecule has 1 unspecified atom stereocenters. The zero-order chi connectivity index (χ0) is 20.2. The van der Waals surface area contributed by atoms with Gasteiger partial charge in [-0.1, -0.05) is 19.1 Å². The lowest BCUT2D eigenvalue weighted by Crippen LogP contribution is -2.36. The average molecular weight is 450 g/mol. The molecule has 1 aromatic rings. The van der Waals surface area contributed by atoms with Crippen molar-refractivity contribution in [1.82, 2.24) is 0 Å². The Kier molecular flexibility index (Phi) is 8.61. The van der Waals surface area contributed by atoms with Crippen LogP contribution in [0.25, 0.3) is 0 Å². The molecule has 0 saturated heterocycles. The minimum atomic E-state index is -5.55. The number of alkyl halides is 2. The lowest BCUT2D eigenvalue weighted by molar-refractivity contribution is 0.104. The van der Waals surface area contributed by atoms with Crippen molar-refractivity contribution in [3.8, 4) is 0 Å². The van der Waals surface area contributed by atoms with Crippen molar-refractivity contribution in [3.63, 3.8) is 0 Å². The molecule has 26 heavy (non-hydrogen) atoms. The van der Waals surface area contributed by atoms with Crippen molar-refractivity contribution in [2.24, 2.45) is 0 Å². The van der Waals surface area contributed by atoms with E-state index in [2.05, 4.69) is 0 Å². The Balaban J connectivity index is 3.34. The van der Waals surface area contributed by atoms with Crippen LogP contribution in [-0.2, 0) is 9.13 Å². The van der Waals surface area contributed by atoms with E-state index in [1.165, 1.54) is 19.1 Å². The Bertz CT molecular complexity index is 648. The summed E-state index contributed by atoms with van der Waals surface area (Å²) in [6, 6.07) is 6.18. The summed E-state index contributed by atoms with van der Waals surface area (Å²) in [5.41, 5.74) is 0.933. The molecule has 1 atom stereocenters. The molecule has 0 heterocycles. The van der Waals surface area contributed by atoms with E-state index in [0.717, 1.165) is 5.69 Å². The molecule has 12 heteroatoms. The van der Waals surface area contributed by atoms with E-state index < -0.39 is 26.2 Å². The first kappa shape index (κ1) is 23.9. The first-order chi connectivity index (χ1) is 11.9. The highest BCUT2D eigenvalue weighted by atomic mass is 35.5. The Labute approximate surface area is 162 Å². The van der Waals surface area contributed by atoms with Crippen LogP contribution in [0, 0.1) is 0 Å². The van der Waals surface area contributed by atoms with Gasteiger partial charge in [-0.25, -0.2) is 0 Å². The van der Waals surface area contributed by atoms with Crippen molar-refractivity contribution in [3.05, 3.63) is 29.8 Å². The molecule has 0 aliphatic heterocycles. The molecule has 1 rings (SSSR count). The number of hydrogen-bond donors (Lipinski definition) is 5. The van der Waals surface area contributed by atoms with Crippen LogP contribution < -0.4 is 4.90 Å². The van der Waals surface area contributed by atoms with E-state index in [0.29, 0.717) is 24.8 Å². The largest absolute Gasteiger partial charge is 0.370 e. The Morgan fingerprint density at radius 3 is 1.73 bits per heavy atom. The molecule has 8 nitrogen and oxygen atoms in total. The molecular formula is C14H23Cl2NO7P2. The molecule has 5 N–H and O–H groups in total. The molecule has 0 aliphatic carbocycles. The quantitative estimate of drug-likeness (QED) is 0.271. The second-order valence-electron chi connectivity index (χ2n) is 5.69. The molecule has 0 spiro atoms. The first-order valence-electron chi connectivity index (χ1n) is 7.74. The van der Waals surface area contributed by atoms with E-state index in [1.807, 2.05) is 4.90 Å². The van der Waals surface area contributed by atoms with Crippen LogP contribution in [0.2, 0.25) is 0 Å². The van der Waals surface area contributed by atoms with Gasteiger partial charge in [0.1, 0.15) is 0 Å². The summed E-state index contributed by atoms with van der Waals surface area (Å²) in [5.74, 6) is -0.730. The van der Waals surface area contributed by atoms with Gasteiger partial charge in [-0.3, -0.25) is 9.13 Å². The van der Waals surface area contributed by atoms with Crippen LogP contribution in [0.15, 0.2) is 24.3 Å². The Morgan fingerprint density at radius 2 is 1.42 bits per heavy atom. The second kappa shape index (κ2) is 9.37. The van der Waals surface area contributed by atoms with Gasteiger partial charge >= 0.3 is 15.2 Å². The van der Waals surface area contributed by atoms with Crippen LogP contribution in [0.5, 0.6) is 0 Å². The van der Waals surface area contributed by atoms with Crippen LogP contribution in [0.3, 0.4) is 0 Å². The minimum absolute atomic E-state index is 0.0981. The minimum Gasteiger partial charge on any atom is -0.369 e. The fraction of sp³-hybridized carbons (Fsp3) is 0.571. The van der Waals surface area contributed by atoms with Crippen LogP contribution in [0.4, 0.5) is 5.69 Å². The molecule has 150 valence electrons. The zero-order valence-corrected chi connectivity index (χ0v) is 17.4. The van der Waals surface area contributed by atoms with Crippen molar-refractivity contribution in [2.75, 3.05) is 29.7 Å². The smallest absolute Gasteiger partial charge is 0.369 e. The third-order valence-corrected chi connectivity index (χ3v) is 8.34. The third kappa shape index (κ3) is 5.02. The SMILES string of the molecule is CCC(c1ccc(N(CCCl)CCCl)cc1)C(O)(P(=O)(O)O)P(=O)(O)O. The number of halogens is 2.